The highest BCUT2D eigenvalue weighted by molar-refractivity contribution is 5.82. The predicted octanol–water partition coefficient (Wildman–Crippen LogP) is 4.34. The first-order chi connectivity index (χ1) is 8.68. The summed E-state index contributed by atoms with van der Waals surface area (Å²) in [5, 5.41) is 0. The summed E-state index contributed by atoms with van der Waals surface area (Å²) < 4.78 is 5.90. The molecule has 2 aromatic carbocycles. The van der Waals surface area contributed by atoms with Gasteiger partial charge in [0.15, 0.2) is 0 Å². The average Bonchev–Trinajstić information content (AvgIpc) is 2.40. The maximum Gasteiger partial charge on any atom is 0.128 e. The Morgan fingerprint density at radius 2 is 1.50 bits per heavy atom. The fourth-order valence-corrected chi connectivity index (χ4v) is 2.42. The molecule has 18 heavy (non-hydrogen) atoms. The van der Waals surface area contributed by atoms with Gasteiger partial charge in [0, 0.05) is 11.1 Å². The normalized spacial score (nSPS) is 16.4. The Hall–Kier alpha value is -2.02. The van der Waals surface area contributed by atoms with Gasteiger partial charge in [-0.1, -0.05) is 54.6 Å². The minimum Gasteiger partial charge on any atom is -0.490 e. The lowest BCUT2D eigenvalue weighted by Crippen LogP contribution is -2.24. The highest BCUT2D eigenvalue weighted by atomic mass is 16.5. The lowest BCUT2D eigenvalue weighted by atomic mass is 9.85. The van der Waals surface area contributed by atoms with E-state index in [0.717, 1.165) is 5.57 Å². The quantitative estimate of drug-likeness (QED) is 0.715. The van der Waals surface area contributed by atoms with Crippen LogP contribution in [0.2, 0.25) is 0 Å². The Morgan fingerprint density at radius 3 is 2.28 bits per heavy atom. The second kappa shape index (κ2) is 4.02. The Kier molecular flexibility index (Phi) is 2.48. The molecule has 1 nitrogen and oxygen atoms in total. The molecule has 0 aliphatic carbocycles. The molecule has 0 radical (unpaired) electrons. The third-order valence-corrected chi connectivity index (χ3v) is 3.42. The zero-order valence-electron chi connectivity index (χ0n) is 10.7. The highest BCUT2D eigenvalue weighted by Gasteiger charge is 2.29. The summed E-state index contributed by atoms with van der Waals surface area (Å²) in [6.07, 6.45) is 1.89. The molecule has 0 amide bonds. The third-order valence-electron chi connectivity index (χ3n) is 3.42. The van der Waals surface area contributed by atoms with Crippen LogP contribution < -0.4 is 0 Å². The number of hydrogen-bond donors (Lipinski definition) is 0. The van der Waals surface area contributed by atoms with E-state index in [1.807, 2.05) is 12.3 Å². The van der Waals surface area contributed by atoms with Gasteiger partial charge in [-0.3, -0.25) is 0 Å². The molecule has 0 atom stereocenters. The van der Waals surface area contributed by atoms with E-state index in [4.69, 9.17) is 4.74 Å². The zero-order chi connectivity index (χ0) is 12.6. The lowest BCUT2D eigenvalue weighted by molar-refractivity contribution is 0.0522. The van der Waals surface area contributed by atoms with Gasteiger partial charge < -0.3 is 4.74 Å². The molecule has 1 heteroatoms. The molecular weight excluding hydrogens is 220 g/mol. The smallest absolute Gasteiger partial charge is 0.128 e. The van der Waals surface area contributed by atoms with E-state index in [1.165, 1.54) is 16.7 Å². The molecule has 3 rings (SSSR count). The van der Waals surface area contributed by atoms with Crippen molar-refractivity contribution in [2.45, 2.75) is 19.4 Å². The van der Waals surface area contributed by atoms with Crippen LogP contribution in [-0.4, -0.2) is 0 Å². The monoisotopic (exact) mass is 236 g/mol. The summed E-state index contributed by atoms with van der Waals surface area (Å²) in [6, 6.07) is 18.8. The Labute approximate surface area is 108 Å². The van der Waals surface area contributed by atoms with Crippen LogP contribution in [0.15, 0.2) is 60.9 Å². The Balaban J connectivity index is 2.18. The van der Waals surface area contributed by atoms with Crippen molar-refractivity contribution in [3.8, 4) is 0 Å². The molecule has 0 saturated carbocycles. The summed E-state index contributed by atoms with van der Waals surface area (Å²) in [7, 11) is 0. The van der Waals surface area contributed by atoms with Gasteiger partial charge in [-0.2, -0.15) is 0 Å². The van der Waals surface area contributed by atoms with E-state index in [9.17, 15) is 0 Å². The van der Waals surface area contributed by atoms with Gasteiger partial charge in [-0.05, 0) is 25.0 Å². The van der Waals surface area contributed by atoms with Gasteiger partial charge in [0.2, 0.25) is 0 Å². The highest BCUT2D eigenvalue weighted by Crippen LogP contribution is 2.39. The topological polar surface area (TPSA) is 9.23 Å². The summed E-state index contributed by atoms with van der Waals surface area (Å²) >= 11 is 0. The molecule has 1 heterocycles. The Bertz CT molecular complexity index is 594. The van der Waals surface area contributed by atoms with E-state index in [0.29, 0.717) is 0 Å². The van der Waals surface area contributed by atoms with Crippen LogP contribution in [0.3, 0.4) is 0 Å². The predicted molar refractivity (Wildman–Crippen MR) is 74.1 cm³/mol. The van der Waals surface area contributed by atoms with E-state index in [-0.39, 0.29) is 5.60 Å². The van der Waals surface area contributed by atoms with Crippen LogP contribution in [-0.2, 0) is 10.3 Å². The maximum absolute atomic E-state index is 5.90. The third kappa shape index (κ3) is 1.72. The largest absolute Gasteiger partial charge is 0.490 e. The Morgan fingerprint density at radius 1 is 0.833 bits per heavy atom. The molecule has 0 fully saturated rings. The van der Waals surface area contributed by atoms with E-state index in [1.54, 1.807) is 0 Å². The fourth-order valence-electron chi connectivity index (χ4n) is 2.42. The van der Waals surface area contributed by atoms with Gasteiger partial charge in [0.05, 0.1) is 6.26 Å². The van der Waals surface area contributed by atoms with Gasteiger partial charge in [0.25, 0.3) is 0 Å². The molecule has 1 aliphatic heterocycles. The van der Waals surface area contributed by atoms with Gasteiger partial charge in [0.1, 0.15) is 5.60 Å². The van der Waals surface area contributed by atoms with Crippen molar-refractivity contribution in [1.29, 1.82) is 0 Å². The molecule has 0 saturated heterocycles. The first-order valence-corrected chi connectivity index (χ1v) is 6.22. The van der Waals surface area contributed by atoms with E-state index in [2.05, 4.69) is 62.4 Å². The maximum atomic E-state index is 5.90. The van der Waals surface area contributed by atoms with Crippen molar-refractivity contribution in [2.24, 2.45) is 0 Å². The molecule has 0 spiro atoms. The van der Waals surface area contributed by atoms with Crippen molar-refractivity contribution in [1.82, 2.24) is 0 Å². The van der Waals surface area contributed by atoms with Crippen LogP contribution in [0.4, 0.5) is 0 Å². The molecule has 0 bridgehead atoms. The fraction of sp³-hybridized carbons (Fsp3) is 0.176. The first kappa shape index (κ1) is 11.1. The minimum atomic E-state index is -0.255. The lowest BCUT2D eigenvalue weighted by Gasteiger charge is -2.32. The second-order valence-electron chi connectivity index (χ2n) is 5.07. The van der Waals surface area contributed by atoms with Crippen LogP contribution in [0.5, 0.6) is 0 Å². The zero-order valence-corrected chi connectivity index (χ0v) is 10.7. The van der Waals surface area contributed by atoms with Crippen LogP contribution in [0, 0.1) is 0 Å². The molecule has 0 aromatic heterocycles. The minimum absolute atomic E-state index is 0.255. The number of fused-ring (bicyclic) bond motifs is 1. The molecule has 0 N–H and O–H groups in total. The molecular formula is C17H16O. The van der Waals surface area contributed by atoms with Crippen LogP contribution in [0.25, 0.3) is 5.57 Å². The standard InChI is InChI=1S/C17H16O/c1-17(2)16-11-7-6-10-14(16)15(12-18-17)13-8-4-3-5-9-13/h3-12H,1-2H3. The van der Waals surface area contributed by atoms with Crippen molar-refractivity contribution in [3.05, 3.63) is 77.5 Å². The van der Waals surface area contributed by atoms with Crippen LogP contribution >= 0.6 is 0 Å². The number of hydrogen-bond acceptors (Lipinski definition) is 1. The van der Waals surface area contributed by atoms with Crippen molar-refractivity contribution in [2.75, 3.05) is 0 Å². The summed E-state index contributed by atoms with van der Waals surface area (Å²) in [6.45, 7) is 4.20. The average molecular weight is 236 g/mol. The molecule has 2 aromatic rings. The van der Waals surface area contributed by atoms with Gasteiger partial charge >= 0.3 is 0 Å². The summed E-state index contributed by atoms with van der Waals surface area (Å²) in [4.78, 5) is 0. The molecule has 1 aliphatic rings. The van der Waals surface area contributed by atoms with Gasteiger partial charge in [-0.15, -0.1) is 0 Å². The number of benzene rings is 2. The van der Waals surface area contributed by atoms with Gasteiger partial charge in [-0.25, -0.2) is 0 Å². The van der Waals surface area contributed by atoms with E-state index < -0.39 is 0 Å². The number of ether oxygens (including phenoxy) is 1. The van der Waals surface area contributed by atoms with E-state index >= 15 is 0 Å². The number of rotatable bonds is 1. The summed E-state index contributed by atoms with van der Waals surface area (Å²) in [5.41, 5.74) is 4.60. The SMILES string of the molecule is CC1(C)OC=C(c2ccccc2)c2ccccc21. The first-order valence-electron chi connectivity index (χ1n) is 6.22. The molecule has 0 unspecified atom stereocenters. The van der Waals surface area contributed by atoms with Crippen molar-refractivity contribution >= 4 is 5.57 Å². The van der Waals surface area contributed by atoms with Crippen molar-refractivity contribution < 1.29 is 4.74 Å². The van der Waals surface area contributed by atoms with Crippen LogP contribution in [0.1, 0.15) is 30.5 Å². The van der Waals surface area contributed by atoms with Crippen molar-refractivity contribution in [3.63, 3.8) is 0 Å². The summed E-state index contributed by atoms with van der Waals surface area (Å²) in [5.74, 6) is 0. The second-order valence-corrected chi connectivity index (χ2v) is 5.07. The molecule has 90 valence electrons.